The maximum atomic E-state index is 14.5. The Bertz CT molecular complexity index is 903. The van der Waals surface area contributed by atoms with Crippen LogP contribution in [0.2, 0.25) is 0 Å². The highest BCUT2D eigenvalue weighted by Gasteiger charge is 2.36. The summed E-state index contributed by atoms with van der Waals surface area (Å²) in [5.41, 5.74) is 2.81. The van der Waals surface area contributed by atoms with Gasteiger partial charge in [0, 0.05) is 17.8 Å². The van der Waals surface area contributed by atoms with Crippen LogP contribution in [0, 0.1) is 5.82 Å². The summed E-state index contributed by atoms with van der Waals surface area (Å²) in [5, 5.41) is 0. The van der Waals surface area contributed by atoms with Crippen LogP contribution in [0.3, 0.4) is 0 Å². The highest BCUT2D eigenvalue weighted by Crippen LogP contribution is 2.39. The van der Waals surface area contributed by atoms with E-state index in [9.17, 15) is 9.18 Å². The molecule has 1 aliphatic heterocycles. The minimum absolute atomic E-state index is 0.130. The predicted octanol–water partition coefficient (Wildman–Crippen LogP) is 5.15. The summed E-state index contributed by atoms with van der Waals surface area (Å²) in [6.07, 6.45) is 2.78. The van der Waals surface area contributed by atoms with Gasteiger partial charge in [-0.3, -0.25) is 4.90 Å². The normalized spacial score (nSPS) is 19.0. The lowest BCUT2D eigenvalue weighted by Crippen LogP contribution is -2.36. The highest BCUT2D eigenvalue weighted by molar-refractivity contribution is 9.10. The van der Waals surface area contributed by atoms with E-state index in [1.807, 2.05) is 26.8 Å². The number of halogens is 2. The molecule has 1 amide bonds. The van der Waals surface area contributed by atoms with Gasteiger partial charge in [-0.05, 0) is 74.0 Å². The Kier molecular flexibility index (Phi) is 4.53. The van der Waals surface area contributed by atoms with E-state index in [2.05, 4.69) is 20.9 Å². The third-order valence-corrected chi connectivity index (χ3v) is 5.68. The van der Waals surface area contributed by atoms with E-state index in [0.29, 0.717) is 29.4 Å². The topological polar surface area (TPSA) is 58.2 Å². The smallest absolute Gasteiger partial charge is 0.410 e. The zero-order chi connectivity index (χ0) is 19.3. The quantitative estimate of drug-likeness (QED) is 0.673. The minimum atomic E-state index is -0.531. The van der Waals surface area contributed by atoms with E-state index in [-0.39, 0.29) is 18.0 Å². The van der Waals surface area contributed by atoms with Gasteiger partial charge in [-0.1, -0.05) is 6.07 Å². The molecule has 0 spiro atoms. The Morgan fingerprint density at radius 2 is 2.15 bits per heavy atom. The van der Waals surface area contributed by atoms with Crippen molar-refractivity contribution in [2.75, 3.05) is 6.54 Å². The van der Waals surface area contributed by atoms with Crippen LogP contribution in [-0.4, -0.2) is 33.1 Å². The zero-order valence-corrected chi connectivity index (χ0v) is 17.3. The summed E-state index contributed by atoms with van der Waals surface area (Å²) in [6, 6.07) is 3.50. The summed E-state index contributed by atoms with van der Waals surface area (Å²) < 4.78 is 20.5. The van der Waals surface area contributed by atoms with Crippen molar-refractivity contribution in [1.82, 2.24) is 14.9 Å². The molecule has 1 saturated heterocycles. The molecule has 1 fully saturated rings. The van der Waals surface area contributed by atoms with Crippen molar-refractivity contribution in [3.63, 3.8) is 0 Å². The number of aromatic amines is 1. The molecule has 0 unspecified atom stereocenters. The molecule has 0 radical (unpaired) electrons. The second-order valence-corrected chi connectivity index (χ2v) is 9.02. The van der Waals surface area contributed by atoms with Gasteiger partial charge in [0.1, 0.15) is 17.2 Å². The number of hydrogen-bond donors (Lipinski definition) is 1. The second kappa shape index (κ2) is 6.62. The average Bonchev–Trinajstić information content (AvgIpc) is 3.22. The molecule has 0 saturated carbocycles. The lowest BCUT2D eigenvalue weighted by Gasteiger charge is -2.27. The number of aromatic nitrogens is 2. The van der Waals surface area contributed by atoms with E-state index in [0.717, 1.165) is 35.6 Å². The molecule has 1 N–H and O–H groups in total. The van der Waals surface area contributed by atoms with Crippen LogP contribution in [0.1, 0.15) is 56.7 Å². The van der Waals surface area contributed by atoms with Crippen LogP contribution < -0.4 is 0 Å². The molecule has 7 heteroatoms. The maximum Gasteiger partial charge on any atom is 0.410 e. The first-order valence-electron chi connectivity index (χ1n) is 9.30. The Balaban J connectivity index is 1.66. The van der Waals surface area contributed by atoms with Gasteiger partial charge in [0.2, 0.25) is 0 Å². The SMILES string of the molecule is CC(C)(C)OC(=O)N1CCC[C@H]1c1nc2c([nH]1)CCc1c-2ccc(Br)c1F. The monoisotopic (exact) mass is 435 g/mol. The number of nitrogens with zero attached hydrogens (tertiary/aromatic N) is 2. The van der Waals surface area contributed by atoms with Crippen LogP contribution in [-0.2, 0) is 17.6 Å². The van der Waals surface area contributed by atoms with Gasteiger partial charge in [0.05, 0.1) is 16.2 Å². The average molecular weight is 436 g/mol. The number of aryl methyl sites for hydroxylation is 1. The Morgan fingerprint density at radius 3 is 2.89 bits per heavy atom. The fraction of sp³-hybridized carbons (Fsp3) is 0.500. The van der Waals surface area contributed by atoms with Gasteiger partial charge in [-0.25, -0.2) is 14.2 Å². The van der Waals surface area contributed by atoms with Crippen molar-refractivity contribution in [1.29, 1.82) is 0 Å². The van der Waals surface area contributed by atoms with Crippen LogP contribution in [0.25, 0.3) is 11.3 Å². The molecule has 2 heterocycles. The molecule has 4 rings (SSSR count). The highest BCUT2D eigenvalue weighted by atomic mass is 79.9. The minimum Gasteiger partial charge on any atom is -0.444 e. The van der Waals surface area contributed by atoms with Crippen molar-refractivity contribution < 1.29 is 13.9 Å². The Hall–Kier alpha value is -1.89. The first kappa shape index (κ1) is 18.5. The van der Waals surface area contributed by atoms with Crippen molar-refractivity contribution >= 4 is 22.0 Å². The molecule has 1 aromatic carbocycles. The summed E-state index contributed by atoms with van der Waals surface area (Å²) >= 11 is 3.26. The Morgan fingerprint density at radius 1 is 1.37 bits per heavy atom. The van der Waals surface area contributed by atoms with E-state index in [1.54, 1.807) is 11.0 Å². The van der Waals surface area contributed by atoms with E-state index >= 15 is 0 Å². The molecule has 144 valence electrons. The molecule has 27 heavy (non-hydrogen) atoms. The lowest BCUT2D eigenvalue weighted by molar-refractivity contribution is 0.0218. The number of nitrogens with one attached hydrogen (secondary N) is 1. The predicted molar refractivity (Wildman–Crippen MR) is 104 cm³/mol. The summed E-state index contributed by atoms with van der Waals surface area (Å²) in [5.74, 6) is 0.554. The summed E-state index contributed by atoms with van der Waals surface area (Å²) in [6.45, 7) is 6.25. The number of rotatable bonds is 1. The number of hydrogen-bond acceptors (Lipinski definition) is 3. The number of carbonyl (C=O) groups is 1. The molecule has 1 aromatic heterocycles. The van der Waals surface area contributed by atoms with Gasteiger partial charge in [-0.2, -0.15) is 0 Å². The number of ether oxygens (including phenoxy) is 1. The van der Waals surface area contributed by atoms with Gasteiger partial charge >= 0.3 is 6.09 Å². The molecule has 2 aromatic rings. The molecule has 1 aliphatic carbocycles. The number of H-pyrrole nitrogens is 1. The number of benzene rings is 1. The van der Waals surface area contributed by atoms with E-state index < -0.39 is 5.60 Å². The molecule has 2 aliphatic rings. The van der Waals surface area contributed by atoms with Crippen molar-refractivity contribution in [2.45, 2.75) is 58.1 Å². The fourth-order valence-electron chi connectivity index (χ4n) is 3.89. The Labute approximate surface area is 166 Å². The van der Waals surface area contributed by atoms with Crippen LogP contribution in [0.4, 0.5) is 9.18 Å². The largest absolute Gasteiger partial charge is 0.444 e. The molecular weight excluding hydrogens is 413 g/mol. The van der Waals surface area contributed by atoms with Gasteiger partial charge in [0.15, 0.2) is 0 Å². The van der Waals surface area contributed by atoms with Crippen LogP contribution in [0.5, 0.6) is 0 Å². The molecule has 0 bridgehead atoms. The maximum absolute atomic E-state index is 14.5. The fourth-order valence-corrected chi connectivity index (χ4v) is 4.26. The number of amides is 1. The third kappa shape index (κ3) is 3.37. The third-order valence-electron chi connectivity index (χ3n) is 5.07. The van der Waals surface area contributed by atoms with Gasteiger partial charge < -0.3 is 9.72 Å². The second-order valence-electron chi connectivity index (χ2n) is 8.17. The van der Waals surface area contributed by atoms with Gasteiger partial charge in [-0.15, -0.1) is 0 Å². The summed E-state index contributed by atoms with van der Waals surface area (Å²) in [4.78, 5) is 22.5. The number of imidazole rings is 1. The molecule has 5 nitrogen and oxygen atoms in total. The number of fused-ring (bicyclic) bond motifs is 3. The van der Waals surface area contributed by atoms with Crippen molar-refractivity contribution in [2.24, 2.45) is 0 Å². The first-order valence-corrected chi connectivity index (χ1v) is 10.1. The number of carbonyl (C=O) groups excluding carboxylic acids is 1. The van der Waals surface area contributed by atoms with Crippen LogP contribution in [0.15, 0.2) is 16.6 Å². The first-order chi connectivity index (χ1) is 12.7. The lowest BCUT2D eigenvalue weighted by atomic mass is 9.92. The summed E-state index contributed by atoms with van der Waals surface area (Å²) in [7, 11) is 0. The van der Waals surface area contributed by atoms with Gasteiger partial charge in [0.25, 0.3) is 0 Å². The number of likely N-dealkylation sites (tertiary alicyclic amines) is 1. The van der Waals surface area contributed by atoms with Crippen LogP contribution >= 0.6 is 15.9 Å². The van der Waals surface area contributed by atoms with Crippen molar-refractivity contribution in [3.05, 3.63) is 39.5 Å². The molecule has 1 atom stereocenters. The van der Waals surface area contributed by atoms with Crippen molar-refractivity contribution in [3.8, 4) is 11.3 Å². The van der Waals surface area contributed by atoms with E-state index in [4.69, 9.17) is 9.72 Å². The van der Waals surface area contributed by atoms with E-state index in [1.165, 1.54) is 0 Å². The zero-order valence-electron chi connectivity index (χ0n) is 15.7. The standard InChI is InChI=1S/C20H23BrFN3O2/c1-20(2,3)27-19(26)25-10-4-5-15(25)18-23-14-9-7-11-12(17(14)24-18)6-8-13(21)16(11)22/h6,8,15H,4-5,7,9-10H2,1-3H3,(H,23,24)/t15-/m0/s1. The molecular formula is C20H23BrFN3O2.